The van der Waals surface area contributed by atoms with E-state index in [1.807, 2.05) is 12.1 Å². The van der Waals surface area contributed by atoms with Gasteiger partial charge in [-0.05, 0) is 29.5 Å². The molecule has 15 heavy (non-hydrogen) atoms. The van der Waals surface area contributed by atoms with Crippen molar-refractivity contribution >= 4 is 11.5 Å². The molecule has 2 aromatic heterocycles. The normalized spacial score (nSPS) is 10.8. The third-order valence-electron chi connectivity index (χ3n) is 2.16. The number of likely N-dealkylation sites (N-methyl/N-ethyl adjacent to an activating group) is 1. The van der Waals surface area contributed by atoms with Crippen LogP contribution in [0.3, 0.4) is 0 Å². The molecule has 0 aromatic carbocycles. The summed E-state index contributed by atoms with van der Waals surface area (Å²) >= 11 is 0. The van der Waals surface area contributed by atoms with E-state index in [9.17, 15) is 0 Å². The minimum absolute atomic E-state index is 0.600. The topological polar surface area (TPSA) is 85.2 Å². The average molecular weight is 207 g/mol. The molecule has 2 rings (SSSR count). The summed E-state index contributed by atoms with van der Waals surface area (Å²) in [5.41, 5.74) is 6.16. The highest BCUT2D eigenvalue weighted by molar-refractivity contribution is 5.44. The highest BCUT2D eigenvalue weighted by Gasteiger charge is 2.06. The lowest BCUT2D eigenvalue weighted by atomic mass is 10.4. The van der Waals surface area contributed by atoms with Crippen LogP contribution in [0.15, 0.2) is 12.1 Å². The Morgan fingerprint density at radius 2 is 2.33 bits per heavy atom. The van der Waals surface area contributed by atoms with Gasteiger partial charge in [0.05, 0.1) is 0 Å². The zero-order valence-electron chi connectivity index (χ0n) is 8.54. The summed E-state index contributed by atoms with van der Waals surface area (Å²) in [7, 11) is 0. The number of tetrazole rings is 1. The molecule has 2 N–H and O–H groups in total. The van der Waals surface area contributed by atoms with Crippen molar-refractivity contribution in [3.63, 3.8) is 0 Å². The minimum atomic E-state index is 0.600. The molecule has 0 radical (unpaired) electrons. The highest BCUT2D eigenvalue weighted by atomic mass is 15.6. The Balaban J connectivity index is 2.33. The van der Waals surface area contributed by atoms with E-state index in [0.29, 0.717) is 12.2 Å². The molecule has 0 atom stereocenters. The largest absolute Gasteiger partial charge is 0.354 e. The van der Waals surface area contributed by atoms with Gasteiger partial charge in [0.15, 0.2) is 11.5 Å². The summed E-state index contributed by atoms with van der Waals surface area (Å²) < 4.78 is 1.41. The average Bonchev–Trinajstić information content (AvgIpc) is 2.72. The van der Waals surface area contributed by atoms with Gasteiger partial charge in [0, 0.05) is 19.6 Å². The molecule has 0 spiro atoms. The summed E-state index contributed by atoms with van der Waals surface area (Å²) in [6, 6.07) is 3.73. The molecule has 0 unspecified atom stereocenters. The van der Waals surface area contributed by atoms with E-state index in [4.69, 9.17) is 5.73 Å². The fourth-order valence-electron chi connectivity index (χ4n) is 1.40. The lowest BCUT2D eigenvalue weighted by Crippen LogP contribution is -2.30. The smallest absolute Gasteiger partial charge is 0.200 e. The molecule has 80 valence electrons. The maximum atomic E-state index is 5.52. The van der Waals surface area contributed by atoms with Crippen molar-refractivity contribution < 1.29 is 0 Å². The van der Waals surface area contributed by atoms with Gasteiger partial charge >= 0.3 is 0 Å². The number of anilines is 1. The van der Waals surface area contributed by atoms with Crippen molar-refractivity contribution in [2.24, 2.45) is 5.73 Å². The van der Waals surface area contributed by atoms with Crippen molar-refractivity contribution in [3.05, 3.63) is 12.1 Å². The molecule has 0 saturated heterocycles. The first-order chi connectivity index (χ1) is 7.35. The fraction of sp³-hybridized carbons (Fsp3) is 0.500. The zero-order valence-corrected chi connectivity index (χ0v) is 8.54. The maximum absolute atomic E-state index is 5.52. The molecule has 0 aliphatic rings. The number of fused-ring (bicyclic) bond motifs is 1. The molecule has 0 bridgehead atoms. The standard InChI is InChI=1S/C8H13N7/c1-2-14(6-5-9)8-4-3-7-10-12-13-15(7)11-8/h3-4H,2,5-6,9H2,1H3. The third kappa shape index (κ3) is 1.86. The Hall–Kier alpha value is -1.76. The van der Waals surface area contributed by atoms with Crippen LogP contribution in [0.4, 0.5) is 5.82 Å². The fourth-order valence-corrected chi connectivity index (χ4v) is 1.40. The van der Waals surface area contributed by atoms with Crippen molar-refractivity contribution in [1.29, 1.82) is 0 Å². The monoisotopic (exact) mass is 207 g/mol. The van der Waals surface area contributed by atoms with Gasteiger partial charge in [-0.2, -0.15) is 0 Å². The first-order valence-electron chi connectivity index (χ1n) is 4.85. The van der Waals surface area contributed by atoms with Crippen molar-refractivity contribution in [2.75, 3.05) is 24.5 Å². The number of nitrogens with two attached hydrogens (primary N) is 1. The van der Waals surface area contributed by atoms with Gasteiger partial charge in [0.25, 0.3) is 0 Å². The van der Waals surface area contributed by atoms with Crippen LogP contribution in [0.2, 0.25) is 0 Å². The van der Waals surface area contributed by atoms with Crippen LogP contribution in [0, 0.1) is 0 Å². The number of nitrogens with zero attached hydrogens (tertiary/aromatic N) is 6. The van der Waals surface area contributed by atoms with E-state index >= 15 is 0 Å². The van der Waals surface area contributed by atoms with Crippen LogP contribution < -0.4 is 10.6 Å². The molecule has 2 heterocycles. The molecule has 7 nitrogen and oxygen atoms in total. The van der Waals surface area contributed by atoms with E-state index < -0.39 is 0 Å². The van der Waals surface area contributed by atoms with E-state index in [0.717, 1.165) is 18.9 Å². The van der Waals surface area contributed by atoms with Crippen LogP contribution in [0.25, 0.3) is 5.65 Å². The van der Waals surface area contributed by atoms with Crippen LogP contribution in [0.1, 0.15) is 6.92 Å². The van der Waals surface area contributed by atoms with Crippen LogP contribution in [-0.2, 0) is 0 Å². The number of rotatable bonds is 4. The second-order valence-corrected chi connectivity index (χ2v) is 3.09. The van der Waals surface area contributed by atoms with E-state index in [2.05, 4.69) is 32.4 Å². The predicted molar refractivity (Wildman–Crippen MR) is 55.5 cm³/mol. The lowest BCUT2D eigenvalue weighted by Gasteiger charge is -2.20. The van der Waals surface area contributed by atoms with Crippen LogP contribution in [-0.4, -0.2) is 44.9 Å². The molecule has 0 aliphatic heterocycles. The number of aromatic nitrogens is 5. The number of hydrogen-bond acceptors (Lipinski definition) is 6. The number of hydrogen-bond donors (Lipinski definition) is 1. The molecule has 0 fully saturated rings. The summed E-state index contributed by atoms with van der Waals surface area (Å²) in [4.78, 5) is 2.07. The lowest BCUT2D eigenvalue weighted by molar-refractivity contribution is 0.708. The van der Waals surface area contributed by atoms with E-state index in [1.54, 1.807) is 0 Å². The molecule has 7 heteroatoms. The van der Waals surface area contributed by atoms with Crippen molar-refractivity contribution in [3.8, 4) is 0 Å². The van der Waals surface area contributed by atoms with Gasteiger partial charge in [-0.15, -0.1) is 14.8 Å². The first-order valence-corrected chi connectivity index (χ1v) is 4.85. The van der Waals surface area contributed by atoms with E-state index in [-0.39, 0.29) is 0 Å². The zero-order chi connectivity index (χ0) is 10.7. The Kier molecular flexibility index (Phi) is 2.72. The van der Waals surface area contributed by atoms with Gasteiger partial charge in [-0.1, -0.05) is 0 Å². The van der Waals surface area contributed by atoms with Gasteiger partial charge in [-0.25, -0.2) is 0 Å². The molecule has 2 aromatic rings. The Labute approximate surface area is 86.9 Å². The highest BCUT2D eigenvalue weighted by Crippen LogP contribution is 2.09. The summed E-state index contributed by atoms with van der Waals surface area (Å²) in [5.74, 6) is 0.836. The molecule has 0 saturated carbocycles. The van der Waals surface area contributed by atoms with E-state index in [1.165, 1.54) is 4.63 Å². The SMILES string of the molecule is CCN(CCN)c1ccc2nnnn2n1. The molecule has 0 aliphatic carbocycles. The van der Waals surface area contributed by atoms with Gasteiger partial charge in [-0.3, -0.25) is 0 Å². The Morgan fingerprint density at radius 3 is 3.07 bits per heavy atom. The predicted octanol–water partition coefficient (Wildman–Crippen LogP) is -0.696. The summed E-state index contributed by atoms with van der Waals surface area (Å²) in [6.07, 6.45) is 0. The molecular formula is C8H13N7. The molecule has 0 amide bonds. The van der Waals surface area contributed by atoms with Gasteiger partial charge < -0.3 is 10.6 Å². The van der Waals surface area contributed by atoms with Crippen LogP contribution >= 0.6 is 0 Å². The van der Waals surface area contributed by atoms with Crippen molar-refractivity contribution in [1.82, 2.24) is 25.3 Å². The maximum Gasteiger partial charge on any atom is 0.200 e. The first kappa shape index (κ1) is 9.78. The summed E-state index contributed by atoms with van der Waals surface area (Å²) in [5, 5.41) is 15.3. The second-order valence-electron chi connectivity index (χ2n) is 3.09. The Bertz CT molecular complexity index is 437. The third-order valence-corrected chi connectivity index (χ3v) is 2.16. The van der Waals surface area contributed by atoms with Crippen LogP contribution in [0.5, 0.6) is 0 Å². The molecular weight excluding hydrogens is 194 g/mol. The quantitative estimate of drug-likeness (QED) is 0.714. The van der Waals surface area contributed by atoms with Crippen molar-refractivity contribution in [2.45, 2.75) is 6.92 Å². The summed E-state index contributed by atoms with van der Waals surface area (Å²) in [6.45, 7) is 4.29. The van der Waals surface area contributed by atoms with Gasteiger partial charge in [0.2, 0.25) is 0 Å². The van der Waals surface area contributed by atoms with Gasteiger partial charge in [0.1, 0.15) is 0 Å². The minimum Gasteiger partial charge on any atom is -0.354 e. The second kappa shape index (κ2) is 4.18. The Morgan fingerprint density at radius 1 is 1.47 bits per heavy atom.